The predicted octanol–water partition coefficient (Wildman–Crippen LogP) is 4.10. The van der Waals surface area contributed by atoms with Crippen LogP contribution < -0.4 is 10.0 Å². The van der Waals surface area contributed by atoms with E-state index < -0.39 is 32.4 Å². The van der Waals surface area contributed by atoms with E-state index in [9.17, 15) is 27.7 Å². The highest BCUT2D eigenvalue weighted by Gasteiger charge is 2.17. The molecule has 0 atom stereocenters. The van der Waals surface area contributed by atoms with Crippen LogP contribution in [-0.4, -0.2) is 19.2 Å². The van der Waals surface area contributed by atoms with Gasteiger partial charge in [0.25, 0.3) is 15.9 Å². The number of benzene rings is 3. The first-order chi connectivity index (χ1) is 14.2. The Morgan fingerprint density at radius 1 is 1.00 bits per heavy atom. The number of nitrogens with one attached hydrogen (secondary N) is 2. The number of carbonyl (C=O) groups excluding carboxylic acids is 1. The van der Waals surface area contributed by atoms with E-state index in [2.05, 4.69) is 10.0 Å². The third kappa shape index (κ3) is 4.78. The Bertz CT molecular complexity index is 1230. The van der Waals surface area contributed by atoms with Gasteiger partial charge in [-0.05, 0) is 49.4 Å². The molecule has 0 bridgehead atoms. The number of sulfonamides is 1. The van der Waals surface area contributed by atoms with Crippen molar-refractivity contribution in [3.8, 4) is 0 Å². The van der Waals surface area contributed by atoms with Crippen molar-refractivity contribution in [1.82, 2.24) is 0 Å². The first-order valence-electron chi connectivity index (χ1n) is 8.60. The average Bonchev–Trinajstić information content (AvgIpc) is 2.69. The zero-order valence-corrected chi connectivity index (χ0v) is 16.4. The minimum Gasteiger partial charge on any atom is -0.322 e. The number of nitro groups is 1. The van der Waals surface area contributed by atoms with E-state index in [4.69, 9.17) is 0 Å². The average molecular weight is 429 g/mol. The van der Waals surface area contributed by atoms with Gasteiger partial charge in [-0.15, -0.1) is 0 Å². The number of hydrogen-bond donors (Lipinski definition) is 2. The molecule has 8 nitrogen and oxygen atoms in total. The van der Waals surface area contributed by atoms with E-state index in [1.165, 1.54) is 42.5 Å². The number of halogens is 1. The molecule has 30 heavy (non-hydrogen) atoms. The number of carbonyl (C=O) groups is 1. The molecule has 0 aliphatic rings. The van der Waals surface area contributed by atoms with Gasteiger partial charge in [0.1, 0.15) is 0 Å². The van der Waals surface area contributed by atoms with Gasteiger partial charge in [-0.25, -0.2) is 8.42 Å². The molecule has 0 aromatic heterocycles. The van der Waals surface area contributed by atoms with Crippen LogP contribution in [0.4, 0.5) is 21.5 Å². The Balaban J connectivity index is 1.80. The number of aryl methyl sites for hydroxylation is 1. The fourth-order valence-corrected chi connectivity index (χ4v) is 3.64. The topological polar surface area (TPSA) is 118 Å². The summed E-state index contributed by atoms with van der Waals surface area (Å²) in [6, 6.07) is 14.9. The largest absolute Gasteiger partial charge is 0.322 e. The summed E-state index contributed by atoms with van der Waals surface area (Å²) in [5, 5.41) is 13.3. The second-order valence-corrected chi connectivity index (χ2v) is 8.06. The van der Waals surface area contributed by atoms with Crippen LogP contribution in [0.2, 0.25) is 0 Å². The minimum atomic E-state index is -3.85. The first-order valence-corrected chi connectivity index (χ1v) is 10.1. The highest BCUT2D eigenvalue weighted by Crippen LogP contribution is 2.23. The summed E-state index contributed by atoms with van der Waals surface area (Å²) in [6.45, 7) is 1.83. The molecule has 0 aliphatic carbocycles. The molecule has 3 aromatic rings. The number of nitrogens with zero attached hydrogens (tertiary/aromatic N) is 1. The Hall–Kier alpha value is -3.79. The summed E-state index contributed by atoms with van der Waals surface area (Å²) in [4.78, 5) is 22.5. The number of rotatable bonds is 6. The van der Waals surface area contributed by atoms with Crippen molar-refractivity contribution >= 4 is 33.0 Å². The third-order valence-electron chi connectivity index (χ3n) is 4.11. The maximum absolute atomic E-state index is 13.4. The lowest BCUT2D eigenvalue weighted by molar-refractivity contribution is -0.387. The van der Waals surface area contributed by atoms with Gasteiger partial charge in [-0.3, -0.25) is 19.6 Å². The van der Waals surface area contributed by atoms with Gasteiger partial charge in [-0.1, -0.05) is 23.8 Å². The molecule has 3 aromatic carbocycles. The first kappa shape index (κ1) is 20.9. The highest BCUT2D eigenvalue weighted by molar-refractivity contribution is 7.92. The number of amides is 1. The summed E-state index contributed by atoms with van der Waals surface area (Å²) < 4.78 is 40.8. The molecular formula is C20H16FN3O5S. The van der Waals surface area contributed by atoms with Crippen LogP contribution in [0.25, 0.3) is 0 Å². The van der Waals surface area contributed by atoms with Crippen LogP contribution in [0.3, 0.4) is 0 Å². The van der Waals surface area contributed by atoms with Gasteiger partial charge in [0.15, 0.2) is 0 Å². The van der Waals surface area contributed by atoms with Crippen LogP contribution >= 0.6 is 0 Å². The monoisotopic (exact) mass is 429 g/mol. The van der Waals surface area contributed by atoms with Gasteiger partial charge in [0.05, 0.1) is 9.82 Å². The van der Waals surface area contributed by atoms with Crippen molar-refractivity contribution in [1.29, 1.82) is 0 Å². The number of hydrogen-bond acceptors (Lipinski definition) is 5. The Morgan fingerprint density at radius 3 is 2.37 bits per heavy atom. The SMILES string of the molecule is Cc1ccc(S(=O)(=O)Nc2cccc(C(=O)Nc3ccc(F)c([N+](=O)[O-])c3)c2)cc1. The van der Waals surface area contributed by atoms with Crippen LogP contribution in [0.1, 0.15) is 15.9 Å². The van der Waals surface area contributed by atoms with Gasteiger partial charge in [0, 0.05) is 23.0 Å². The number of anilines is 2. The highest BCUT2D eigenvalue weighted by atomic mass is 32.2. The molecule has 0 radical (unpaired) electrons. The van der Waals surface area contributed by atoms with E-state index in [0.717, 1.165) is 17.7 Å². The van der Waals surface area contributed by atoms with Gasteiger partial charge in [0.2, 0.25) is 5.82 Å². The summed E-state index contributed by atoms with van der Waals surface area (Å²) in [5.74, 6) is -1.67. The van der Waals surface area contributed by atoms with Crippen molar-refractivity contribution in [2.75, 3.05) is 10.0 Å². The van der Waals surface area contributed by atoms with E-state index >= 15 is 0 Å². The van der Waals surface area contributed by atoms with E-state index in [1.807, 2.05) is 6.92 Å². The standard InChI is InChI=1S/C20H16FN3O5S/c1-13-5-8-17(9-6-13)30(28,29)23-16-4-2-3-14(11-16)20(25)22-15-7-10-18(21)19(12-15)24(26)27/h2-12,23H,1H3,(H,22,25). The lowest BCUT2D eigenvalue weighted by atomic mass is 10.2. The van der Waals surface area contributed by atoms with E-state index in [0.29, 0.717) is 0 Å². The molecule has 3 rings (SSSR count). The van der Waals surface area contributed by atoms with Crippen LogP contribution in [-0.2, 0) is 10.0 Å². The van der Waals surface area contributed by atoms with Gasteiger partial charge >= 0.3 is 5.69 Å². The zero-order chi connectivity index (χ0) is 21.9. The summed E-state index contributed by atoms with van der Waals surface area (Å²) in [5.41, 5.74) is 0.430. The maximum atomic E-state index is 13.4. The van der Waals surface area contributed by atoms with Crippen LogP contribution in [0.5, 0.6) is 0 Å². The van der Waals surface area contributed by atoms with Crippen molar-refractivity contribution in [3.63, 3.8) is 0 Å². The van der Waals surface area contributed by atoms with Crippen molar-refractivity contribution in [2.24, 2.45) is 0 Å². The molecule has 154 valence electrons. The third-order valence-corrected chi connectivity index (χ3v) is 5.51. The molecule has 0 fully saturated rings. The van der Waals surface area contributed by atoms with Crippen molar-refractivity contribution in [3.05, 3.63) is 93.8 Å². The molecule has 0 unspecified atom stereocenters. The fourth-order valence-electron chi connectivity index (χ4n) is 2.59. The molecule has 0 aliphatic heterocycles. The van der Waals surface area contributed by atoms with Gasteiger partial charge in [-0.2, -0.15) is 4.39 Å². The Morgan fingerprint density at radius 2 is 1.70 bits per heavy atom. The summed E-state index contributed by atoms with van der Waals surface area (Å²) in [7, 11) is -3.85. The quantitative estimate of drug-likeness (QED) is 0.452. The second-order valence-electron chi connectivity index (χ2n) is 6.38. The molecule has 0 saturated carbocycles. The molecule has 10 heteroatoms. The molecule has 0 heterocycles. The van der Waals surface area contributed by atoms with Gasteiger partial charge < -0.3 is 5.32 Å². The van der Waals surface area contributed by atoms with E-state index in [1.54, 1.807) is 12.1 Å². The zero-order valence-electron chi connectivity index (χ0n) is 15.6. The molecule has 1 amide bonds. The Labute approximate surface area is 171 Å². The Kier molecular flexibility index (Phi) is 5.79. The fraction of sp³-hybridized carbons (Fsp3) is 0.0500. The molecule has 2 N–H and O–H groups in total. The second kappa shape index (κ2) is 8.29. The molecule has 0 saturated heterocycles. The number of nitro benzene ring substituents is 1. The van der Waals surface area contributed by atoms with Crippen LogP contribution in [0.15, 0.2) is 71.6 Å². The smallest absolute Gasteiger partial charge is 0.306 e. The van der Waals surface area contributed by atoms with Crippen LogP contribution in [0, 0.1) is 22.9 Å². The summed E-state index contributed by atoms with van der Waals surface area (Å²) in [6.07, 6.45) is 0. The van der Waals surface area contributed by atoms with Crippen molar-refractivity contribution < 1.29 is 22.5 Å². The maximum Gasteiger partial charge on any atom is 0.306 e. The lowest BCUT2D eigenvalue weighted by Crippen LogP contribution is -2.15. The normalized spacial score (nSPS) is 11.0. The van der Waals surface area contributed by atoms with Crippen molar-refractivity contribution in [2.45, 2.75) is 11.8 Å². The molecule has 0 spiro atoms. The minimum absolute atomic E-state index is 0.0266. The van der Waals surface area contributed by atoms with E-state index in [-0.39, 0.29) is 21.8 Å². The molecular weight excluding hydrogens is 413 g/mol. The predicted molar refractivity (Wildman–Crippen MR) is 109 cm³/mol. The lowest BCUT2D eigenvalue weighted by Gasteiger charge is -2.10. The summed E-state index contributed by atoms with van der Waals surface area (Å²) >= 11 is 0.